The minimum Gasteiger partial charge on any atom is -0.492 e. The molecule has 0 saturated heterocycles. The maximum absolute atomic E-state index is 14.4. The number of methoxy groups -OCH3 is 1. The number of hydrogen-bond donors (Lipinski definition) is 4. The van der Waals surface area contributed by atoms with Gasteiger partial charge >= 0.3 is 0 Å². The summed E-state index contributed by atoms with van der Waals surface area (Å²) in [7, 11) is 1.39. The predicted molar refractivity (Wildman–Crippen MR) is 123 cm³/mol. The number of aromatic nitrogens is 2. The lowest BCUT2D eigenvalue weighted by Crippen LogP contribution is -2.35. The Bertz CT molecular complexity index is 1240. The average molecular weight is 449 g/mol. The molecule has 170 valence electrons. The SMILES string of the molecule is COc1c(F)cccc1Nc1c2[nH]c3c1C(=O)NC[C@@H]3CC(=O)CCCNc1cnccc1-2. The van der Waals surface area contributed by atoms with E-state index in [4.69, 9.17) is 4.74 Å². The quantitative estimate of drug-likeness (QED) is 0.482. The first-order valence-corrected chi connectivity index (χ1v) is 10.9. The van der Waals surface area contributed by atoms with Crippen molar-refractivity contribution in [1.82, 2.24) is 15.3 Å². The van der Waals surface area contributed by atoms with E-state index in [2.05, 4.69) is 25.9 Å². The van der Waals surface area contributed by atoms with Crippen LogP contribution in [0.3, 0.4) is 0 Å². The van der Waals surface area contributed by atoms with Crippen molar-refractivity contribution in [2.24, 2.45) is 0 Å². The Morgan fingerprint density at radius 3 is 2.94 bits per heavy atom. The molecule has 3 aromatic rings. The van der Waals surface area contributed by atoms with Crippen LogP contribution in [0, 0.1) is 5.82 Å². The van der Waals surface area contributed by atoms with E-state index >= 15 is 0 Å². The smallest absolute Gasteiger partial charge is 0.255 e. The van der Waals surface area contributed by atoms with E-state index in [1.54, 1.807) is 24.5 Å². The molecule has 0 saturated carbocycles. The van der Waals surface area contributed by atoms with E-state index in [0.29, 0.717) is 60.7 Å². The van der Waals surface area contributed by atoms with Crippen molar-refractivity contribution in [3.8, 4) is 17.0 Å². The van der Waals surface area contributed by atoms with Gasteiger partial charge in [-0.1, -0.05) is 6.07 Å². The second kappa shape index (κ2) is 8.57. The first kappa shape index (κ1) is 21.0. The molecule has 0 radical (unpaired) electrons. The number of H-pyrrole nitrogens is 1. The van der Waals surface area contributed by atoms with E-state index < -0.39 is 5.82 Å². The van der Waals surface area contributed by atoms with Crippen LogP contribution in [0.25, 0.3) is 11.3 Å². The van der Waals surface area contributed by atoms with Crippen LogP contribution >= 0.6 is 0 Å². The second-order valence-electron chi connectivity index (χ2n) is 8.21. The number of aromatic amines is 1. The zero-order valence-electron chi connectivity index (χ0n) is 18.1. The summed E-state index contributed by atoms with van der Waals surface area (Å²) >= 11 is 0. The molecule has 2 aromatic heterocycles. The van der Waals surface area contributed by atoms with Gasteiger partial charge in [0.05, 0.1) is 41.6 Å². The molecule has 1 atom stereocenters. The summed E-state index contributed by atoms with van der Waals surface area (Å²) in [5, 5.41) is 9.50. The molecule has 8 nitrogen and oxygen atoms in total. The number of amides is 1. The zero-order chi connectivity index (χ0) is 22.9. The number of nitrogens with zero attached hydrogens (tertiary/aromatic N) is 1. The minimum absolute atomic E-state index is 0.0485. The van der Waals surface area contributed by atoms with Crippen LogP contribution in [-0.2, 0) is 4.79 Å². The van der Waals surface area contributed by atoms with E-state index in [1.165, 1.54) is 13.2 Å². The summed E-state index contributed by atoms with van der Waals surface area (Å²) < 4.78 is 19.7. The summed E-state index contributed by atoms with van der Waals surface area (Å²) in [4.78, 5) is 33.3. The molecule has 0 aliphatic carbocycles. The maximum atomic E-state index is 14.4. The van der Waals surface area contributed by atoms with E-state index in [0.717, 1.165) is 11.3 Å². The number of anilines is 3. The highest BCUT2D eigenvalue weighted by Gasteiger charge is 2.34. The summed E-state index contributed by atoms with van der Waals surface area (Å²) in [6.07, 6.45) is 4.89. The van der Waals surface area contributed by atoms with Gasteiger partial charge in [-0.3, -0.25) is 14.6 Å². The third-order valence-electron chi connectivity index (χ3n) is 6.12. The molecule has 4 N–H and O–H groups in total. The largest absolute Gasteiger partial charge is 0.492 e. The Hall–Kier alpha value is -3.88. The highest BCUT2D eigenvalue weighted by Crippen LogP contribution is 2.44. The van der Waals surface area contributed by atoms with E-state index in [-0.39, 0.29) is 23.4 Å². The Labute approximate surface area is 189 Å². The van der Waals surface area contributed by atoms with Crippen LogP contribution in [0.5, 0.6) is 5.75 Å². The minimum atomic E-state index is -0.515. The van der Waals surface area contributed by atoms with Crippen LogP contribution in [0.4, 0.5) is 21.5 Å². The van der Waals surface area contributed by atoms with E-state index in [1.807, 2.05) is 6.07 Å². The van der Waals surface area contributed by atoms with Gasteiger partial charge in [-0.2, -0.15) is 0 Å². The maximum Gasteiger partial charge on any atom is 0.255 e. The molecule has 5 rings (SSSR count). The number of fused-ring (bicyclic) bond motifs is 3. The molecule has 2 bridgehead atoms. The van der Waals surface area contributed by atoms with Crippen molar-refractivity contribution in [1.29, 1.82) is 0 Å². The summed E-state index contributed by atoms with van der Waals surface area (Å²) in [5.41, 5.74) is 4.25. The van der Waals surface area contributed by atoms with Crippen molar-refractivity contribution in [3.63, 3.8) is 0 Å². The third-order valence-corrected chi connectivity index (χ3v) is 6.12. The number of hydrogen-bond acceptors (Lipinski definition) is 6. The van der Waals surface area contributed by atoms with Gasteiger partial charge in [-0.05, 0) is 24.6 Å². The number of para-hydroxylation sites is 1. The summed E-state index contributed by atoms with van der Waals surface area (Å²) in [5.74, 6) is -0.752. The van der Waals surface area contributed by atoms with Gasteiger partial charge in [0, 0.05) is 49.3 Å². The number of ketones is 1. The van der Waals surface area contributed by atoms with Gasteiger partial charge in [0.1, 0.15) is 5.78 Å². The van der Waals surface area contributed by atoms with E-state index in [9.17, 15) is 14.0 Å². The number of nitrogens with one attached hydrogen (secondary N) is 4. The summed E-state index contributed by atoms with van der Waals surface area (Å²) in [6, 6.07) is 6.43. The van der Waals surface area contributed by atoms with Crippen molar-refractivity contribution >= 4 is 28.8 Å². The Kier molecular flexibility index (Phi) is 5.45. The average Bonchev–Trinajstić information content (AvgIpc) is 3.18. The van der Waals surface area contributed by atoms with Crippen molar-refractivity contribution < 1.29 is 18.7 Å². The first-order valence-electron chi connectivity index (χ1n) is 10.9. The summed E-state index contributed by atoms with van der Waals surface area (Å²) in [6.45, 7) is 0.995. The molecule has 1 aromatic carbocycles. The molecule has 2 aliphatic rings. The molecule has 0 spiro atoms. The van der Waals surface area contributed by atoms with Gasteiger partial charge in [-0.15, -0.1) is 0 Å². The topological polar surface area (TPSA) is 108 Å². The zero-order valence-corrected chi connectivity index (χ0v) is 18.1. The standard InChI is InChI=1S/C24H24FN5O3/c1-33-23-16(25)5-2-6-17(23)29-22-19-20-13(11-28-24(19)32)10-14(31)4-3-8-27-18-12-26-9-7-15(18)21(22)30-20/h2,5-7,9,12-13,27,29-30H,3-4,8,10-11H2,1H3,(H,28,32)/t13-/m0/s1. The molecule has 4 heterocycles. The lowest BCUT2D eigenvalue weighted by molar-refractivity contribution is -0.119. The molecular weight excluding hydrogens is 425 g/mol. The van der Waals surface area contributed by atoms with Crippen molar-refractivity contribution in [2.45, 2.75) is 25.2 Å². The van der Waals surface area contributed by atoms with Gasteiger partial charge in [0.2, 0.25) is 0 Å². The fourth-order valence-electron chi connectivity index (χ4n) is 4.56. The molecule has 1 amide bonds. The van der Waals surface area contributed by atoms with Gasteiger partial charge < -0.3 is 25.7 Å². The number of benzene rings is 1. The molecule has 9 heteroatoms. The molecule has 0 unspecified atom stereocenters. The first-order chi connectivity index (χ1) is 16.1. The molecule has 33 heavy (non-hydrogen) atoms. The number of carbonyl (C=O) groups is 2. The Morgan fingerprint density at radius 2 is 2.09 bits per heavy atom. The lowest BCUT2D eigenvalue weighted by atomic mass is 9.91. The highest BCUT2D eigenvalue weighted by atomic mass is 19.1. The fourth-order valence-corrected chi connectivity index (χ4v) is 4.56. The number of carbonyl (C=O) groups excluding carboxylic acids is 2. The second-order valence-corrected chi connectivity index (χ2v) is 8.21. The molecule has 0 fully saturated rings. The molecular formula is C24H24FN5O3. The monoisotopic (exact) mass is 449 g/mol. The fraction of sp³-hybridized carbons (Fsp3) is 0.292. The predicted octanol–water partition coefficient (Wildman–Crippen LogP) is 3.96. The van der Waals surface area contributed by atoms with Crippen LogP contribution < -0.4 is 20.7 Å². The molecule has 2 aliphatic heterocycles. The van der Waals surface area contributed by atoms with Crippen LogP contribution in [0.1, 0.15) is 41.2 Å². The van der Waals surface area contributed by atoms with Crippen molar-refractivity contribution in [2.75, 3.05) is 30.8 Å². The van der Waals surface area contributed by atoms with Gasteiger partial charge in [0.25, 0.3) is 5.91 Å². The van der Waals surface area contributed by atoms with Crippen LogP contribution in [0.2, 0.25) is 0 Å². The normalized spacial score (nSPS) is 17.7. The van der Waals surface area contributed by atoms with Crippen molar-refractivity contribution in [3.05, 3.63) is 53.7 Å². The number of pyridine rings is 1. The number of ether oxygens (including phenoxy) is 1. The van der Waals surface area contributed by atoms with Crippen LogP contribution in [-0.4, -0.2) is 41.9 Å². The highest BCUT2D eigenvalue weighted by molar-refractivity contribution is 6.07. The van der Waals surface area contributed by atoms with Gasteiger partial charge in [-0.25, -0.2) is 4.39 Å². The van der Waals surface area contributed by atoms with Gasteiger partial charge in [0.15, 0.2) is 11.6 Å². The number of Topliss-reactive ketones (excluding diaryl/α,β-unsaturated/α-hetero) is 1. The van der Waals surface area contributed by atoms with Crippen LogP contribution in [0.15, 0.2) is 36.7 Å². The third kappa shape index (κ3) is 3.79. The lowest BCUT2D eigenvalue weighted by Gasteiger charge is -2.23. The Morgan fingerprint density at radius 1 is 1.21 bits per heavy atom. The number of rotatable bonds is 3. The Balaban J connectivity index is 1.74. The number of halogens is 1.